The van der Waals surface area contributed by atoms with Crippen molar-refractivity contribution in [2.75, 3.05) is 19.7 Å². The molecular formula is C12H22N2O3. The molecule has 0 unspecified atom stereocenters. The minimum atomic E-state index is -0.410. The van der Waals surface area contributed by atoms with E-state index in [4.69, 9.17) is 4.74 Å². The number of hydrogen-bond acceptors (Lipinski definition) is 3. The molecule has 17 heavy (non-hydrogen) atoms. The summed E-state index contributed by atoms with van der Waals surface area (Å²) in [5.74, 6) is 0.167. The predicted octanol–water partition coefficient (Wildman–Crippen LogP) is 1.28. The third kappa shape index (κ3) is 4.24. The second-order valence-electron chi connectivity index (χ2n) is 4.86. The van der Waals surface area contributed by atoms with Gasteiger partial charge in [-0.2, -0.15) is 0 Å². The van der Waals surface area contributed by atoms with Crippen molar-refractivity contribution < 1.29 is 14.3 Å². The van der Waals surface area contributed by atoms with Crippen LogP contribution in [0.5, 0.6) is 0 Å². The topological polar surface area (TPSA) is 67.4 Å². The van der Waals surface area contributed by atoms with Crippen LogP contribution in [0.3, 0.4) is 0 Å². The molecule has 0 heterocycles. The normalized spacial score (nSPS) is 16.5. The fraction of sp³-hybridized carbons (Fsp3) is 0.833. The van der Waals surface area contributed by atoms with Crippen LogP contribution in [0.2, 0.25) is 0 Å². The molecule has 0 saturated heterocycles. The number of carbonyl (C=O) groups is 2. The molecule has 1 aliphatic carbocycles. The van der Waals surface area contributed by atoms with E-state index < -0.39 is 5.97 Å². The van der Waals surface area contributed by atoms with Gasteiger partial charge < -0.3 is 15.4 Å². The van der Waals surface area contributed by atoms with Crippen LogP contribution in [-0.4, -0.2) is 31.7 Å². The van der Waals surface area contributed by atoms with E-state index in [9.17, 15) is 9.59 Å². The zero-order valence-electron chi connectivity index (χ0n) is 10.8. The summed E-state index contributed by atoms with van der Waals surface area (Å²) in [4.78, 5) is 22.4. The molecule has 98 valence electrons. The van der Waals surface area contributed by atoms with E-state index in [1.54, 1.807) is 6.92 Å². The van der Waals surface area contributed by atoms with Crippen molar-refractivity contribution in [2.45, 2.75) is 33.6 Å². The molecule has 5 nitrogen and oxygen atoms in total. The van der Waals surface area contributed by atoms with Crippen molar-refractivity contribution in [3.05, 3.63) is 0 Å². The average Bonchev–Trinajstić information content (AvgIpc) is 3.05. The Labute approximate surface area is 102 Å². The van der Waals surface area contributed by atoms with Gasteiger partial charge in [-0.3, -0.25) is 4.79 Å². The molecule has 1 rings (SSSR count). The van der Waals surface area contributed by atoms with Gasteiger partial charge in [0.1, 0.15) is 6.54 Å². The Bertz CT molecular complexity index is 285. The molecule has 0 bridgehead atoms. The van der Waals surface area contributed by atoms with Gasteiger partial charge in [0.05, 0.1) is 6.61 Å². The molecule has 0 aromatic rings. The summed E-state index contributed by atoms with van der Waals surface area (Å²) in [5.41, 5.74) is 0.279. The van der Waals surface area contributed by atoms with Gasteiger partial charge in [-0.15, -0.1) is 0 Å². The van der Waals surface area contributed by atoms with Gasteiger partial charge in [-0.1, -0.05) is 13.8 Å². The minimum Gasteiger partial charge on any atom is -0.465 e. The minimum absolute atomic E-state index is 0.0750. The van der Waals surface area contributed by atoms with Crippen LogP contribution < -0.4 is 10.6 Å². The molecular weight excluding hydrogens is 220 g/mol. The highest BCUT2D eigenvalue weighted by Crippen LogP contribution is 2.51. The van der Waals surface area contributed by atoms with Crippen molar-refractivity contribution in [2.24, 2.45) is 11.3 Å². The smallest absolute Gasteiger partial charge is 0.325 e. The van der Waals surface area contributed by atoms with Gasteiger partial charge in [0, 0.05) is 6.54 Å². The second kappa shape index (κ2) is 5.89. The van der Waals surface area contributed by atoms with Gasteiger partial charge in [-0.05, 0) is 31.1 Å². The van der Waals surface area contributed by atoms with E-state index in [2.05, 4.69) is 24.5 Å². The van der Waals surface area contributed by atoms with Crippen LogP contribution in [0.4, 0.5) is 4.79 Å². The number of rotatable bonds is 6. The number of urea groups is 1. The fourth-order valence-corrected chi connectivity index (χ4v) is 1.80. The Morgan fingerprint density at radius 3 is 2.41 bits per heavy atom. The maximum absolute atomic E-state index is 11.4. The molecule has 5 heteroatoms. The van der Waals surface area contributed by atoms with Crippen LogP contribution in [-0.2, 0) is 9.53 Å². The molecule has 0 spiro atoms. The van der Waals surface area contributed by atoms with Crippen molar-refractivity contribution in [1.82, 2.24) is 10.6 Å². The molecule has 0 aromatic heterocycles. The first-order valence-electron chi connectivity index (χ1n) is 6.17. The fourth-order valence-electron chi connectivity index (χ4n) is 1.80. The Balaban J connectivity index is 2.16. The van der Waals surface area contributed by atoms with Crippen molar-refractivity contribution in [1.29, 1.82) is 0 Å². The van der Waals surface area contributed by atoms with Crippen LogP contribution in [0, 0.1) is 11.3 Å². The van der Waals surface area contributed by atoms with Gasteiger partial charge in [0.25, 0.3) is 0 Å². The Hall–Kier alpha value is -1.26. The van der Waals surface area contributed by atoms with Crippen molar-refractivity contribution in [3.8, 4) is 0 Å². The van der Waals surface area contributed by atoms with Crippen LogP contribution in [0.25, 0.3) is 0 Å². The van der Waals surface area contributed by atoms with Crippen molar-refractivity contribution >= 4 is 12.0 Å². The molecule has 0 atom stereocenters. The molecule has 1 aliphatic rings. The third-order valence-corrected chi connectivity index (χ3v) is 3.42. The zero-order valence-corrected chi connectivity index (χ0v) is 10.8. The van der Waals surface area contributed by atoms with E-state index in [0.29, 0.717) is 19.1 Å². The number of carbonyl (C=O) groups excluding carboxylic acids is 2. The lowest BCUT2D eigenvalue weighted by molar-refractivity contribution is -0.141. The van der Waals surface area contributed by atoms with Gasteiger partial charge >= 0.3 is 12.0 Å². The lowest BCUT2D eigenvalue weighted by Crippen LogP contribution is -2.42. The highest BCUT2D eigenvalue weighted by atomic mass is 16.5. The summed E-state index contributed by atoms with van der Waals surface area (Å²) in [6.07, 6.45) is 2.34. The number of amides is 2. The first-order chi connectivity index (χ1) is 8.00. The molecule has 1 saturated carbocycles. The quantitative estimate of drug-likeness (QED) is 0.690. The number of nitrogens with one attached hydrogen (secondary N) is 2. The highest BCUT2D eigenvalue weighted by Gasteiger charge is 2.45. The average molecular weight is 242 g/mol. The van der Waals surface area contributed by atoms with E-state index in [-0.39, 0.29) is 18.0 Å². The maximum atomic E-state index is 11.4. The van der Waals surface area contributed by atoms with Crippen molar-refractivity contribution in [3.63, 3.8) is 0 Å². The monoisotopic (exact) mass is 242 g/mol. The summed E-state index contributed by atoms with van der Waals surface area (Å²) in [6, 6.07) is -0.301. The predicted molar refractivity (Wildman–Crippen MR) is 64.5 cm³/mol. The zero-order chi connectivity index (χ0) is 12.9. The van der Waals surface area contributed by atoms with Gasteiger partial charge in [0.15, 0.2) is 0 Å². The second-order valence-corrected chi connectivity index (χ2v) is 4.86. The summed E-state index contributed by atoms with van der Waals surface area (Å²) >= 11 is 0. The summed E-state index contributed by atoms with van der Waals surface area (Å²) < 4.78 is 4.71. The SMILES string of the molecule is CCOC(=O)CNC(=O)NCC1(C(C)C)CC1. The summed E-state index contributed by atoms with van der Waals surface area (Å²) in [6.45, 7) is 7.01. The Kier molecular flexibility index (Phi) is 4.78. The van der Waals surface area contributed by atoms with Crippen LogP contribution >= 0.6 is 0 Å². The molecule has 0 aliphatic heterocycles. The summed E-state index contributed by atoms with van der Waals surface area (Å²) in [7, 11) is 0. The third-order valence-electron chi connectivity index (χ3n) is 3.42. The largest absolute Gasteiger partial charge is 0.465 e. The van der Waals surface area contributed by atoms with Gasteiger partial charge in [-0.25, -0.2) is 4.79 Å². The first kappa shape index (κ1) is 13.8. The molecule has 0 aromatic carbocycles. The number of ether oxygens (including phenoxy) is 1. The molecule has 1 fully saturated rings. The Morgan fingerprint density at radius 2 is 1.94 bits per heavy atom. The summed E-state index contributed by atoms with van der Waals surface area (Å²) in [5, 5.41) is 5.29. The lowest BCUT2D eigenvalue weighted by Gasteiger charge is -2.20. The Morgan fingerprint density at radius 1 is 1.29 bits per heavy atom. The maximum Gasteiger partial charge on any atom is 0.325 e. The van der Waals surface area contributed by atoms with Gasteiger partial charge in [0.2, 0.25) is 0 Å². The van der Waals surface area contributed by atoms with Crippen LogP contribution in [0.15, 0.2) is 0 Å². The number of esters is 1. The number of hydrogen-bond donors (Lipinski definition) is 2. The van der Waals surface area contributed by atoms with E-state index in [1.165, 1.54) is 12.8 Å². The molecule has 2 amide bonds. The van der Waals surface area contributed by atoms with E-state index in [0.717, 1.165) is 0 Å². The standard InChI is InChI=1S/C12H22N2O3/c1-4-17-10(15)7-13-11(16)14-8-12(5-6-12)9(2)3/h9H,4-8H2,1-3H3,(H2,13,14,16). The highest BCUT2D eigenvalue weighted by molar-refractivity contribution is 5.80. The first-order valence-corrected chi connectivity index (χ1v) is 6.17. The van der Waals surface area contributed by atoms with Crippen LogP contribution in [0.1, 0.15) is 33.6 Å². The lowest BCUT2D eigenvalue weighted by atomic mass is 9.92. The van der Waals surface area contributed by atoms with E-state index in [1.807, 2.05) is 0 Å². The molecule has 0 radical (unpaired) electrons. The van der Waals surface area contributed by atoms with E-state index >= 15 is 0 Å². The molecule has 2 N–H and O–H groups in total.